The largest absolute Gasteiger partial charge is 0.481 e. The first-order valence-corrected chi connectivity index (χ1v) is 9.02. The fourth-order valence-electron chi connectivity index (χ4n) is 2.77. The van der Waals surface area contributed by atoms with Crippen molar-refractivity contribution in [3.8, 4) is 0 Å². The number of carbonyl (C=O) groups is 2. The summed E-state index contributed by atoms with van der Waals surface area (Å²) >= 11 is 0. The van der Waals surface area contributed by atoms with E-state index in [1.165, 1.54) is 4.90 Å². The number of piperidine rings is 1. The van der Waals surface area contributed by atoms with Gasteiger partial charge in [-0.1, -0.05) is 0 Å². The number of hydrogen-bond donors (Lipinski definition) is 1. The second kappa shape index (κ2) is 6.74. The zero-order chi connectivity index (χ0) is 15.5. The van der Waals surface area contributed by atoms with Crippen molar-refractivity contribution in [1.82, 2.24) is 4.90 Å². The molecule has 2 rings (SSSR count). The molecule has 0 radical (unpaired) electrons. The van der Waals surface area contributed by atoms with Gasteiger partial charge in [-0.25, -0.2) is 8.42 Å². The van der Waals surface area contributed by atoms with Crippen LogP contribution in [0.2, 0.25) is 0 Å². The molecule has 2 aliphatic heterocycles. The summed E-state index contributed by atoms with van der Waals surface area (Å²) in [5, 5.41) is 8.90. The Bertz CT molecular complexity index is 489. The first-order valence-electron chi connectivity index (χ1n) is 7.20. The van der Waals surface area contributed by atoms with Crippen molar-refractivity contribution < 1.29 is 27.9 Å². The molecule has 2 saturated heterocycles. The molecule has 0 aromatic carbocycles. The summed E-state index contributed by atoms with van der Waals surface area (Å²) < 4.78 is 29.3. The fraction of sp³-hybridized carbons (Fsp3) is 0.846. The Morgan fingerprint density at radius 3 is 2.38 bits per heavy atom. The molecular weight excluding hydrogens is 298 g/mol. The minimum atomic E-state index is -3.48. The van der Waals surface area contributed by atoms with Crippen LogP contribution in [-0.2, 0) is 24.2 Å². The normalized spacial score (nSPS) is 24.2. The Labute approximate surface area is 124 Å². The van der Waals surface area contributed by atoms with Crippen LogP contribution in [0, 0.1) is 5.92 Å². The average Bonchev–Trinajstić information content (AvgIpc) is 2.90. The Kier molecular flexibility index (Phi) is 5.21. The van der Waals surface area contributed by atoms with Crippen LogP contribution in [0.3, 0.4) is 0 Å². The molecule has 21 heavy (non-hydrogen) atoms. The molecule has 2 aliphatic rings. The van der Waals surface area contributed by atoms with Crippen LogP contribution in [0.15, 0.2) is 0 Å². The number of aliphatic carboxylic acids is 1. The summed E-state index contributed by atoms with van der Waals surface area (Å²) in [5.41, 5.74) is 0. The van der Waals surface area contributed by atoms with Gasteiger partial charge in [0.1, 0.15) is 5.75 Å². The maximum atomic E-state index is 12.0. The zero-order valence-corrected chi connectivity index (χ0v) is 12.7. The highest BCUT2D eigenvalue weighted by atomic mass is 32.2. The predicted octanol–water partition coefficient (Wildman–Crippen LogP) is -0.0966. The van der Waals surface area contributed by atoms with Crippen molar-refractivity contribution in [3.05, 3.63) is 0 Å². The first-order chi connectivity index (χ1) is 9.87. The maximum absolute atomic E-state index is 12.0. The first kappa shape index (κ1) is 16.2. The molecule has 0 bridgehead atoms. The SMILES string of the molecule is O=C(O)C1CCN(C(=O)CS(=O)(=O)CC2CCCO2)CC1. The molecule has 8 heteroatoms. The summed E-state index contributed by atoms with van der Waals surface area (Å²) in [6.07, 6.45) is 2.05. The highest BCUT2D eigenvalue weighted by molar-refractivity contribution is 7.92. The summed E-state index contributed by atoms with van der Waals surface area (Å²) in [6, 6.07) is 0. The van der Waals surface area contributed by atoms with E-state index in [0.717, 1.165) is 12.8 Å². The average molecular weight is 319 g/mol. The standard InChI is InChI=1S/C13H21NO6S/c15-12(14-5-3-10(4-6-14)13(16)17)9-21(18,19)8-11-2-1-7-20-11/h10-11H,1-9H2,(H,16,17). The van der Waals surface area contributed by atoms with E-state index in [1.807, 2.05) is 0 Å². The Hall–Kier alpha value is -1.15. The van der Waals surface area contributed by atoms with Crippen LogP contribution < -0.4 is 0 Å². The van der Waals surface area contributed by atoms with E-state index in [-0.39, 0.29) is 11.9 Å². The van der Waals surface area contributed by atoms with E-state index in [2.05, 4.69) is 0 Å². The number of ether oxygens (including phenoxy) is 1. The monoisotopic (exact) mass is 319 g/mol. The molecule has 1 atom stereocenters. The minimum Gasteiger partial charge on any atom is -0.481 e. The molecule has 2 fully saturated rings. The lowest BCUT2D eigenvalue weighted by molar-refractivity contribution is -0.145. The van der Waals surface area contributed by atoms with E-state index in [1.54, 1.807) is 0 Å². The van der Waals surface area contributed by atoms with E-state index in [9.17, 15) is 18.0 Å². The molecule has 0 aromatic heterocycles. The van der Waals surface area contributed by atoms with Crippen molar-refractivity contribution in [1.29, 1.82) is 0 Å². The van der Waals surface area contributed by atoms with Gasteiger partial charge in [0.05, 0.1) is 17.8 Å². The molecule has 2 heterocycles. The molecule has 1 amide bonds. The van der Waals surface area contributed by atoms with Gasteiger partial charge in [-0.3, -0.25) is 9.59 Å². The van der Waals surface area contributed by atoms with Crippen molar-refractivity contribution in [2.75, 3.05) is 31.2 Å². The van der Waals surface area contributed by atoms with Gasteiger partial charge in [0, 0.05) is 19.7 Å². The van der Waals surface area contributed by atoms with E-state index < -0.39 is 33.4 Å². The number of amides is 1. The van der Waals surface area contributed by atoms with Gasteiger partial charge in [0.25, 0.3) is 0 Å². The van der Waals surface area contributed by atoms with Gasteiger partial charge in [0.15, 0.2) is 9.84 Å². The van der Waals surface area contributed by atoms with Gasteiger partial charge in [-0.2, -0.15) is 0 Å². The number of rotatable bonds is 5. The van der Waals surface area contributed by atoms with Crippen LogP contribution in [0.4, 0.5) is 0 Å². The van der Waals surface area contributed by atoms with Crippen LogP contribution in [0.5, 0.6) is 0 Å². The molecule has 1 unspecified atom stereocenters. The second-order valence-corrected chi connectivity index (χ2v) is 7.79. The number of likely N-dealkylation sites (tertiary alicyclic amines) is 1. The van der Waals surface area contributed by atoms with Crippen molar-refractivity contribution >= 4 is 21.7 Å². The Balaban J connectivity index is 1.82. The van der Waals surface area contributed by atoms with Crippen molar-refractivity contribution in [2.45, 2.75) is 31.8 Å². The minimum absolute atomic E-state index is 0.107. The number of hydrogen-bond acceptors (Lipinski definition) is 5. The molecule has 7 nitrogen and oxygen atoms in total. The summed E-state index contributed by atoms with van der Waals surface area (Å²) in [4.78, 5) is 24.3. The molecular formula is C13H21NO6S. The number of carboxylic acids is 1. The Morgan fingerprint density at radius 2 is 1.86 bits per heavy atom. The summed E-state index contributed by atoms with van der Waals surface area (Å²) in [6.45, 7) is 1.20. The highest BCUT2D eigenvalue weighted by Gasteiger charge is 2.30. The quantitative estimate of drug-likeness (QED) is 0.759. The van der Waals surface area contributed by atoms with E-state index in [0.29, 0.717) is 32.5 Å². The van der Waals surface area contributed by atoms with Crippen molar-refractivity contribution in [3.63, 3.8) is 0 Å². The molecule has 120 valence electrons. The molecule has 1 N–H and O–H groups in total. The molecule has 0 aliphatic carbocycles. The third kappa shape index (κ3) is 4.67. The Morgan fingerprint density at radius 1 is 1.19 bits per heavy atom. The molecule has 0 aromatic rings. The van der Waals surface area contributed by atoms with E-state index >= 15 is 0 Å². The number of nitrogens with zero attached hydrogens (tertiary/aromatic N) is 1. The highest BCUT2D eigenvalue weighted by Crippen LogP contribution is 2.18. The smallest absolute Gasteiger partial charge is 0.306 e. The maximum Gasteiger partial charge on any atom is 0.306 e. The van der Waals surface area contributed by atoms with Gasteiger partial charge >= 0.3 is 5.97 Å². The lowest BCUT2D eigenvalue weighted by Gasteiger charge is -2.30. The fourth-order valence-corrected chi connectivity index (χ4v) is 4.28. The topological polar surface area (TPSA) is 101 Å². The van der Waals surface area contributed by atoms with Gasteiger partial charge in [0.2, 0.25) is 5.91 Å². The second-order valence-electron chi connectivity index (χ2n) is 5.68. The van der Waals surface area contributed by atoms with Gasteiger partial charge < -0.3 is 14.7 Å². The van der Waals surface area contributed by atoms with Crippen LogP contribution in [0.1, 0.15) is 25.7 Å². The van der Waals surface area contributed by atoms with Gasteiger partial charge in [-0.15, -0.1) is 0 Å². The van der Waals surface area contributed by atoms with Crippen LogP contribution >= 0.6 is 0 Å². The third-order valence-corrected chi connectivity index (χ3v) is 5.57. The number of carboxylic acid groups (broad SMARTS) is 1. The van der Waals surface area contributed by atoms with Gasteiger partial charge in [-0.05, 0) is 25.7 Å². The number of carbonyl (C=O) groups excluding carboxylic acids is 1. The third-order valence-electron chi connectivity index (χ3n) is 4.00. The summed E-state index contributed by atoms with van der Waals surface area (Å²) in [7, 11) is -3.48. The lowest BCUT2D eigenvalue weighted by Crippen LogP contribution is -2.43. The zero-order valence-electron chi connectivity index (χ0n) is 11.9. The van der Waals surface area contributed by atoms with Crippen LogP contribution in [0.25, 0.3) is 0 Å². The molecule has 0 spiro atoms. The van der Waals surface area contributed by atoms with Crippen molar-refractivity contribution in [2.24, 2.45) is 5.92 Å². The summed E-state index contributed by atoms with van der Waals surface area (Å²) in [5.74, 6) is -2.34. The van der Waals surface area contributed by atoms with Crippen LogP contribution in [-0.4, -0.2) is 67.6 Å². The van der Waals surface area contributed by atoms with E-state index in [4.69, 9.17) is 9.84 Å². The number of sulfone groups is 1. The predicted molar refractivity (Wildman–Crippen MR) is 74.6 cm³/mol. The lowest BCUT2D eigenvalue weighted by atomic mass is 9.97. The molecule has 0 saturated carbocycles.